The number of nitrogens with zero attached hydrogens (tertiary/aromatic N) is 1. The number of hydrogen-bond acceptors (Lipinski definition) is 2. The molecule has 0 atom stereocenters. The second-order valence-electron chi connectivity index (χ2n) is 1.88. The van der Waals surface area contributed by atoms with Gasteiger partial charge in [-0.2, -0.15) is 0 Å². The molecule has 0 spiro atoms. The third kappa shape index (κ3) is 1.08. The van der Waals surface area contributed by atoms with Crippen molar-refractivity contribution in [3.8, 4) is 0 Å². The van der Waals surface area contributed by atoms with Gasteiger partial charge in [-0.05, 0) is 24.9 Å². The molecule has 1 rings (SSSR count). The molecule has 3 heteroatoms. The number of aryl methyl sites for hydroxylation is 1. The van der Waals surface area contributed by atoms with Crippen molar-refractivity contribution in [2.75, 3.05) is 0 Å². The predicted octanol–water partition coefficient (Wildman–Crippen LogP) is 2.20. The molecule has 0 saturated heterocycles. The van der Waals surface area contributed by atoms with Crippen LogP contribution in [0.3, 0.4) is 0 Å². The first-order chi connectivity index (χ1) is 4.25. The van der Waals surface area contributed by atoms with Crippen molar-refractivity contribution in [1.82, 2.24) is 5.16 Å². The van der Waals surface area contributed by atoms with Gasteiger partial charge < -0.3 is 4.52 Å². The molecular weight excluding hydrogens is 138 g/mol. The maximum Gasteiger partial charge on any atom is 0.229 e. The molecule has 0 aromatic carbocycles. The summed E-state index contributed by atoms with van der Waals surface area (Å²) < 4.78 is 4.70. The molecule has 9 heavy (non-hydrogen) atoms. The SMILES string of the molecule is CCc1noc(Cl)c1C. The number of halogens is 1. The van der Waals surface area contributed by atoms with Crippen LogP contribution in [0.2, 0.25) is 5.22 Å². The van der Waals surface area contributed by atoms with Crippen molar-refractivity contribution < 1.29 is 4.52 Å². The maximum atomic E-state index is 5.58. The topological polar surface area (TPSA) is 26.0 Å². The Bertz CT molecular complexity index is 207. The fourth-order valence-corrected chi connectivity index (χ4v) is 0.819. The highest BCUT2D eigenvalue weighted by atomic mass is 35.5. The van der Waals surface area contributed by atoms with Crippen molar-refractivity contribution in [2.45, 2.75) is 20.3 Å². The molecule has 0 radical (unpaired) electrons. The summed E-state index contributed by atoms with van der Waals surface area (Å²) in [6, 6.07) is 0. The highest BCUT2D eigenvalue weighted by Crippen LogP contribution is 2.17. The monoisotopic (exact) mass is 145 g/mol. The van der Waals surface area contributed by atoms with Crippen LogP contribution in [0.5, 0.6) is 0 Å². The Kier molecular flexibility index (Phi) is 1.76. The lowest BCUT2D eigenvalue weighted by molar-refractivity contribution is 0.414. The normalized spacial score (nSPS) is 10.1. The quantitative estimate of drug-likeness (QED) is 0.606. The van der Waals surface area contributed by atoms with E-state index in [0.29, 0.717) is 5.22 Å². The van der Waals surface area contributed by atoms with Gasteiger partial charge in [-0.3, -0.25) is 0 Å². The van der Waals surface area contributed by atoms with E-state index in [4.69, 9.17) is 16.1 Å². The third-order valence-corrected chi connectivity index (χ3v) is 1.65. The molecule has 0 aliphatic heterocycles. The van der Waals surface area contributed by atoms with E-state index in [1.807, 2.05) is 13.8 Å². The minimum Gasteiger partial charge on any atom is -0.344 e. The summed E-state index contributed by atoms with van der Waals surface area (Å²) in [5, 5.41) is 4.14. The van der Waals surface area contributed by atoms with E-state index in [-0.39, 0.29) is 0 Å². The van der Waals surface area contributed by atoms with Gasteiger partial charge in [0.25, 0.3) is 0 Å². The first kappa shape index (κ1) is 6.62. The summed E-state index contributed by atoms with van der Waals surface area (Å²) in [7, 11) is 0. The van der Waals surface area contributed by atoms with E-state index >= 15 is 0 Å². The summed E-state index contributed by atoms with van der Waals surface area (Å²) in [5.74, 6) is 0. The van der Waals surface area contributed by atoms with Gasteiger partial charge in [-0.15, -0.1) is 0 Å². The first-order valence-corrected chi connectivity index (χ1v) is 3.24. The van der Waals surface area contributed by atoms with Gasteiger partial charge in [-0.25, -0.2) is 0 Å². The van der Waals surface area contributed by atoms with Gasteiger partial charge in [0, 0.05) is 5.56 Å². The molecule has 1 heterocycles. The highest BCUT2D eigenvalue weighted by molar-refractivity contribution is 6.29. The number of rotatable bonds is 1. The molecular formula is C6H8ClNO. The number of aromatic nitrogens is 1. The second-order valence-corrected chi connectivity index (χ2v) is 2.22. The second kappa shape index (κ2) is 2.40. The Morgan fingerprint density at radius 3 is 2.56 bits per heavy atom. The van der Waals surface area contributed by atoms with Crippen LogP contribution in [0.4, 0.5) is 0 Å². The van der Waals surface area contributed by atoms with Crippen molar-refractivity contribution in [3.05, 3.63) is 16.5 Å². The molecule has 1 aromatic rings. The molecule has 0 N–H and O–H groups in total. The Hall–Kier alpha value is -0.500. The fraction of sp³-hybridized carbons (Fsp3) is 0.500. The van der Waals surface area contributed by atoms with E-state index in [0.717, 1.165) is 17.7 Å². The molecule has 0 aliphatic rings. The Morgan fingerprint density at radius 1 is 1.67 bits per heavy atom. The van der Waals surface area contributed by atoms with Gasteiger partial charge in [-0.1, -0.05) is 12.1 Å². The van der Waals surface area contributed by atoms with Gasteiger partial charge in [0.15, 0.2) is 0 Å². The first-order valence-electron chi connectivity index (χ1n) is 2.86. The smallest absolute Gasteiger partial charge is 0.229 e. The van der Waals surface area contributed by atoms with Crippen LogP contribution in [0, 0.1) is 6.92 Å². The van der Waals surface area contributed by atoms with Crippen molar-refractivity contribution >= 4 is 11.6 Å². The van der Waals surface area contributed by atoms with Crippen LogP contribution in [-0.2, 0) is 6.42 Å². The lowest BCUT2D eigenvalue weighted by atomic mass is 10.2. The Balaban J connectivity index is 3.04. The molecule has 0 fully saturated rings. The lowest BCUT2D eigenvalue weighted by Crippen LogP contribution is -1.80. The molecule has 0 bridgehead atoms. The van der Waals surface area contributed by atoms with E-state index in [1.54, 1.807) is 0 Å². The van der Waals surface area contributed by atoms with Gasteiger partial charge in [0.1, 0.15) is 0 Å². The number of hydrogen-bond donors (Lipinski definition) is 0. The van der Waals surface area contributed by atoms with Gasteiger partial charge in [0.2, 0.25) is 5.22 Å². The summed E-state index contributed by atoms with van der Waals surface area (Å²) >= 11 is 5.58. The molecule has 0 amide bonds. The minimum atomic E-state index is 0.409. The summed E-state index contributed by atoms with van der Waals surface area (Å²) in [5.41, 5.74) is 1.90. The maximum absolute atomic E-state index is 5.58. The van der Waals surface area contributed by atoms with Crippen LogP contribution in [0.25, 0.3) is 0 Å². The van der Waals surface area contributed by atoms with Crippen LogP contribution >= 0.6 is 11.6 Å². The molecule has 50 valence electrons. The van der Waals surface area contributed by atoms with Gasteiger partial charge >= 0.3 is 0 Å². The van der Waals surface area contributed by atoms with Crippen LogP contribution in [-0.4, -0.2) is 5.16 Å². The zero-order valence-corrected chi connectivity index (χ0v) is 6.20. The third-order valence-electron chi connectivity index (χ3n) is 1.30. The largest absolute Gasteiger partial charge is 0.344 e. The average Bonchev–Trinajstić information content (AvgIpc) is 2.15. The minimum absolute atomic E-state index is 0.409. The van der Waals surface area contributed by atoms with Crippen molar-refractivity contribution in [2.24, 2.45) is 0 Å². The summed E-state index contributed by atoms with van der Waals surface area (Å²) in [6.07, 6.45) is 0.877. The molecule has 2 nitrogen and oxygen atoms in total. The van der Waals surface area contributed by atoms with E-state index < -0.39 is 0 Å². The zero-order chi connectivity index (χ0) is 6.85. The zero-order valence-electron chi connectivity index (χ0n) is 5.44. The molecule has 1 aromatic heterocycles. The molecule has 0 aliphatic carbocycles. The standard InChI is InChI=1S/C6H8ClNO/c1-3-5-4(2)6(7)9-8-5/h3H2,1-2H3. The highest BCUT2D eigenvalue weighted by Gasteiger charge is 2.05. The Labute approximate surface area is 58.8 Å². The Morgan fingerprint density at radius 2 is 2.33 bits per heavy atom. The predicted molar refractivity (Wildman–Crippen MR) is 35.6 cm³/mol. The van der Waals surface area contributed by atoms with Crippen LogP contribution in [0.15, 0.2) is 4.52 Å². The fourth-order valence-electron chi connectivity index (χ4n) is 0.675. The summed E-state index contributed by atoms with van der Waals surface area (Å²) in [4.78, 5) is 0. The molecule has 0 saturated carbocycles. The van der Waals surface area contributed by atoms with Crippen LogP contribution in [0.1, 0.15) is 18.2 Å². The van der Waals surface area contributed by atoms with Crippen LogP contribution < -0.4 is 0 Å². The van der Waals surface area contributed by atoms with Crippen molar-refractivity contribution in [3.63, 3.8) is 0 Å². The van der Waals surface area contributed by atoms with Gasteiger partial charge in [0.05, 0.1) is 5.69 Å². The lowest BCUT2D eigenvalue weighted by Gasteiger charge is -1.84. The van der Waals surface area contributed by atoms with E-state index in [1.165, 1.54) is 0 Å². The average molecular weight is 146 g/mol. The van der Waals surface area contributed by atoms with E-state index in [9.17, 15) is 0 Å². The summed E-state index contributed by atoms with van der Waals surface area (Å²) in [6.45, 7) is 3.92. The van der Waals surface area contributed by atoms with Crippen molar-refractivity contribution in [1.29, 1.82) is 0 Å². The van der Waals surface area contributed by atoms with E-state index in [2.05, 4.69) is 5.16 Å². The molecule has 0 unspecified atom stereocenters.